The number of hydrogen-bond acceptors (Lipinski definition) is 2. The predicted molar refractivity (Wildman–Crippen MR) is 56.7 cm³/mol. The molecule has 0 amide bonds. The molecule has 0 aliphatic rings. The highest BCUT2D eigenvalue weighted by Crippen LogP contribution is 2.20. The molecule has 0 aliphatic carbocycles. The van der Waals surface area contributed by atoms with E-state index in [1.165, 1.54) is 6.07 Å². The van der Waals surface area contributed by atoms with Gasteiger partial charge in [-0.05, 0) is 18.6 Å². The van der Waals surface area contributed by atoms with Gasteiger partial charge in [0.25, 0.3) is 0 Å². The highest BCUT2D eigenvalue weighted by Gasteiger charge is 2.17. The van der Waals surface area contributed by atoms with E-state index in [2.05, 4.69) is 5.32 Å². The van der Waals surface area contributed by atoms with Crippen molar-refractivity contribution in [2.75, 3.05) is 11.9 Å². The molecule has 0 fully saturated rings. The Morgan fingerprint density at radius 2 is 2.06 bits per heavy atom. The van der Waals surface area contributed by atoms with Crippen LogP contribution in [0, 0.1) is 11.6 Å². The summed E-state index contributed by atoms with van der Waals surface area (Å²) in [6.07, 6.45) is 1.77. The topological polar surface area (TPSA) is 49.3 Å². The fourth-order valence-corrected chi connectivity index (χ4v) is 1.25. The maximum atomic E-state index is 13.3. The Kier molecular flexibility index (Phi) is 4.22. The van der Waals surface area contributed by atoms with Gasteiger partial charge >= 0.3 is 5.97 Å². The number of unbranched alkanes of at least 4 members (excludes halogenated alkanes) is 1. The van der Waals surface area contributed by atoms with Gasteiger partial charge in [0.1, 0.15) is 0 Å². The van der Waals surface area contributed by atoms with Crippen LogP contribution in [-0.2, 0) is 0 Å². The van der Waals surface area contributed by atoms with Gasteiger partial charge in [-0.25, -0.2) is 13.6 Å². The minimum Gasteiger partial charge on any atom is -0.478 e. The first kappa shape index (κ1) is 12.4. The summed E-state index contributed by atoms with van der Waals surface area (Å²) in [6, 6.07) is 2.28. The predicted octanol–water partition coefficient (Wildman–Crippen LogP) is 2.88. The number of hydrogen-bond donors (Lipinski definition) is 2. The van der Waals surface area contributed by atoms with Crippen molar-refractivity contribution in [3.05, 3.63) is 29.3 Å². The van der Waals surface area contributed by atoms with E-state index >= 15 is 0 Å². The molecule has 0 saturated carbocycles. The second-order valence-electron chi connectivity index (χ2n) is 3.37. The first-order chi connectivity index (χ1) is 7.57. The second kappa shape index (κ2) is 5.44. The van der Waals surface area contributed by atoms with Crippen molar-refractivity contribution in [3.8, 4) is 0 Å². The van der Waals surface area contributed by atoms with Crippen LogP contribution < -0.4 is 5.32 Å². The fraction of sp³-hybridized carbons (Fsp3) is 0.364. The lowest BCUT2D eigenvalue weighted by molar-refractivity contribution is 0.0690. The number of carboxylic acids is 1. The highest BCUT2D eigenvalue weighted by molar-refractivity contribution is 5.88. The van der Waals surface area contributed by atoms with Crippen molar-refractivity contribution in [2.24, 2.45) is 0 Å². The van der Waals surface area contributed by atoms with E-state index in [0.717, 1.165) is 18.9 Å². The first-order valence-corrected chi connectivity index (χ1v) is 5.03. The summed E-state index contributed by atoms with van der Waals surface area (Å²) in [4.78, 5) is 10.5. The SMILES string of the molecule is CCCCNc1ccc(C(=O)O)c(F)c1F. The third-order valence-corrected chi connectivity index (χ3v) is 2.16. The zero-order valence-corrected chi connectivity index (χ0v) is 8.89. The number of benzene rings is 1. The molecule has 0 radical (unpaired) electrons. The molecule has 5 heteroatoms. The van der Waals surface area contributed by atoms with Gasteiger partial charge in [-0.2, -0.15) is 0 Å². The number of halogens is 2. The Balaban J connectivity index is 2.89. The molecule has 0 aliphatic heterocycles. The monoisotopic (exact) mass is 229 g/mol. The molecule has 1 aromatic carbocycles. The summed E-state index contributed by atoms with van der Waals surface area (Å²) in [5, 5.41) is 11.3. The quantitative estimate of drug-likeness (QED) is 0.763. The van der Waals surface area contributed by atoms with E-state index in [1.807, 2.05) is 6.92 Å². The van der Waals surface area contributed by atoms with Crippen LogP contribution in [0.4, 0.5) is 14.5 Å². The van der Waals surface area contributed by atoms with Gasteiger partial charge in [-0.15, -0.1) is 0 Å². The van der Waals surface area contributed by atoms with E-state index in [1.54, 1.807) is 0 Å². The molecule has 1 rings (SSSR count). The van der Waals surface area contributed by atoms with Crippen molar-refractivity contribution >= 4 is 11.7 Å². The van der Waals surface area contributed by atoms with Gasteiger partial charge in [-0.1, -0.05) is 13.3 Å². The molecule has 0 heterocycles. The van der Waals surface area contributed by atoms with Crippen molar-refractivity contribution in [2.45, 2.75) is 19.8 Å². The van der Waals surface area contributed by atoms with Crippen molar-refractivity contribution in [3.63, 3.8) is 0 Å². The van der Waals surface area contributed by atoms with Crippen molar-refractivity contribution in [1.82, 2.24) is 0 Å². The minimum absolute atomic E-state index is 0.00375. The van der Waals surface area contributed by atoms with Crippen LogP contribution in [-0.4, -0.2) is 17.6 Å². The fourth-order valence-electron chi connectivity index (χ4n) is 1.25. The molecule has 2 N–H and O–H groups in total. The minimum atomic E-state index is -1.48. The van der Waals surface area contributed by atoms with Crippen LogP contribution in [0.5, 0.6) is 0 Å². The average molecular weight is 229 g/mol. The molecule has 1 aromatic rings. The van der Waals surface area contributed by atoms with Crippen LogP contribution in [0.2, 0.25) is 0 Å². The Morgan fingerprint density at radius 3 is 2.62 bits per heavy atom. The molecule has 0 spiro atoms. The summed E-state index contributed by atoms with van der Waals surface area (Å²) >= 11 is 0. The van der Waals surface area contributed by atoms with E-state index in [0.29, 0.717) is 6.54 Å². The normalized spacial score (nSPS) is 10.2. The third kappa shape index (κ3) is 2.68. The Morgan fingerprint density at radius 1 is 1.38 bits per heavy atom. The number of carboxylic acid groups (broad SMARTS) is 1. The molecule has 3 nitrogen and oxygen atoms in total. The number of nitrogens with one attached hydrogen (secondary N) is 1. The van der Waals surface area contributed by atoms with Crippen molar-refractivity contribution in [1.29, 1.82) is 0 Å². The van der Waals surface area contributed by atoms with Crippen LogP contribution in [0.3, 0.4) is 0 Å². The molecule has 0 atom stereocenters. The first-order valence-electron chi connectivity index (χ1n) is 5.03. The second-order valence-corrected chi connectivity index (χ2v) is 3.37. The molecule has 0 aromatic heterocycles. The number of aromatic carboxylic acids is 1. The molecule has 0 unspecified atom stereocenters. The van der Waals surface area contributed by atoms with Crippen LogP contribution in [0.15, 0.2) is 12.1 Å². The van der Waals surface area contributed by atoms with E-state index in [4.69, 9.17) is 5.11 Å². The Hall–Kier alpha value is -1.65. The van der Waals surface area contributed by atoms with Crippen molar-refractivity contribution < 1.29 is 18.7 Å². The van der Waals surface area contributed by atoms with E-state index < -0.39 is 23.2 Å². The zero-order chi connectivity index (χ0) is 12.1. The lowest BCUT2D eigenvalue weighted by atomic mass is 10.2. The summed E-state index contributed by atoms with van der Waals surface area (Å²) in [6.45, 7) is 2.51. The van der Waals surface area contributed by atoms with Gasteiger partial charge in [0, 0.05) is 6.54 Å². The van der Waals surface area contributed by atoms with Gasteiger partial charge in [0.05, 0.1) is 11.3 Å². The van der Waals surface area contributed by atoms with Crippen LogP contribution in [0.25, 0.3) is 0 Å². The molecule has 16 heavy (non-hydrogen) atoms. The molecule has 0 saturated heterocycles. The number of anilines is 1. The Labute approximate surface area is 92.1 Å². The lowest BCUT2D eigenvalue weighted by Gasteiger charge is -2.08. The van der Waals surface area contributed by atoms with Crippen LogP contribution >= 0.6 is 0 Å². The summed E-state index contributed by atoms with van der Waals surface area (Å²) < 4.78 is 26.6. The van der Waals surface area contributed by atoms with E-state index in [9.17, 15) is 13.6 Å². The molecular weight excluding hydrogens is 216 g/mol. The Bertz CT molecular complexity index is 394. The summed E-state index contributed by atoms with van der Waals surface area (Å²) in [5.41, 5.74) is -0.658. The molecular formula is C11H13F2NO2. The largest absolute Gasteiger partial charge is 0.478 e. The maximum Gasteiger partial charge on any atom is 0.338 e. The standard InChI is InChI=1S/C11H13F2NO2/c1-2-3-6-14-8-5-4-7(11(15)16)9(12)10(8)13/h4-5,14H,2-3,6H2,1H3,(H,15,16). The van der Waals surface area contributed by atoms with Crippen LogP contribution in [0.1, 0.15) is 30.1 Å². The van der Waals surface area contributed by atoms with Gasteiger partial charge in [0.15, 0.2) is 11.6 Å². The number of rotatable bonds is 5. The molecule has 88 valence electrons. The third-order valence-electron chi connectivity index (χ3n) is 2.16. The zero-order valence-electron chi connectivity index (χ0n) is 8.89. The average Bonchev–Trinajstić information content (AvgIpc) is 2.24. The van der Waals surface area contributed by atoms with E-state index in [-0.39, 0.29) is 5.69 Å². The number of carbonyl (C=O) groups is 1. The van der Waals surface area contributed by atoms with Gasteiger partial charge in [-0.3, -0.25) is 0 Å². The highest BCUT2D eigenvalue weighted by atomic mass is 19.2. The van der Waals surface area contributed by atoms with Gasteiger partial charge in [0.2, 0.25) is 0 Å². The molecule has 0 bridgehead atoms. The smallest absolute Gasteiger partial charge is 0.338 e. The maximum absolute atomic E-state index is 13.3. The lowest BCUT2D eigenvalue weighted by Crippen LogP contribution is -2.08. The summed E-state index contributed by atoms with van der Waals surface area (Å²) in [5.74, 6) is -3.94. The summed E-state index contributed by atoms with van der Waals surface area (Å²) in [7, 11) is 0. The van der Waals surface area contributed by atoms with Gasteiger partial charge < -0.3 is 10.4 Å².